The van der Waals surface area contributed by atoms with Gasteiger partial charge in [0.15, 0.2) is 0 Å². The van der Waals surface area contributed by atoms with Gasteiger partial charge in [0, 0.05) is 32.8 Å². The van der Waals surface area contributed by atoms with E-state index in [0.29, 0.717) is 42.4 Å². The number of hydrogen-bond acceptors (Lipinski definition) is 5. The van der Waals surface area contributed by atoms with Gasteiger partial charge in [-0.25, -0.2) is 0 Å². The summed E-state index contributed by atoms with van der Waals surface area (Å²) >= 11 is 4.85. The fourth-order valence-corrected chi connectivity index (χ4v) is 1.74. The summed E-state index contributed by atoms with van der Waals surface area (Å²) in [6, 6.07) is 1.63. The molecule has 0 aliphatic heterocycles. The first-order valence-electron chi connectivity index (χ1n) is 6.14. The normalized spacial score (nSPS) is 10.1. The van der Waals surface area contributed by atoms with Crippen molar-refractivity contribution in [2.75, 3.05) is 33.9 Å². The third-order valence-electron chi connectivity index (χ3n) is 2.72. The van der Waals surface area contributed by atoms with Gasteiger partial charge in [-0.05, 0) is 6.07 Å². The van der Waals surface area contributed by atoms with Gasteiger partial charge < -0.3 is 20.1 Å². The number of nitrogens with zero attached hydrogens (tertiary/aromatic N) is 2. The lowest BCUT2D eigenvalue weighted by Gasteiger charge is -2.23. The lowest BCUT2D eigenvalue weighted by atomic mass is 10.2. The van der Waals surface area contributed by atoms with E-state index in [0.717, 1.165) is 0 Å². The molecule has 7 heteroatoms. The van der Waals surface area contributed by atoms with Gasteiger partial charge in [-0.3, -0.25) is 9.78 Å². The van der Waals surface area contributed by atoms with Crippen LogP contribution in [0.3, 0.4) is 0 Å². The fraction of sp³-hybridized carbons (Fsp3) is 0.462. The Kier molecular flexibility index (Phi) is 6.89. The van der Waals surface area contributed by atoms with E-state index >= 15 is 0 Å². The molecular formula is C13H19N3O3S. The Balaban J connectivity index is 2.87. The number of nitrogens with two attached hydrogens (primary N) is 1. The molecule has 0 aliphatic rings. The third kappa shape index (κ3) is 4.75. The second kappa shape index (κ2) is 8.44. The molecular weight excluding hydrogens is 278 g/mol. The molecule has 6 nitrogen and oxygen atoms in total. The van der Waals surface area contributed by atoms with Crippen LogP contribution in [0, 0.1) is 0 Å². The molecule has 0 aliphatic carbocycles. The average molecular weight is 297 g/mol. The minimum atomic E-state index is -0.155. The zero-order valence-corrected chi connectivity index (χ0v) is 12.5. The van der Waals surface area contributed by atoms with E-state index in [1.165, 1.54) is 13.3 Å². The summed E-state index contributed by atoms with van der Waals surface area (Å²) in [5.41, 5.74) is 5.95. The number of methoxy groups -OCH3 is 2. The van der Waals surface area contributed by atoms with Gasteiger partial charge in [0.25, 0.3) is 5.91 Å². The maximum absolute atomic E-state index is 12.5. The van der Waals surface area contributed by atoms with Crippen LogP contribution < -0.4 is 10.5 Å². The predicted octanol–water partition coefficient (Wildman–Crippen LogP) is 0.855. The van der Waals surface area contributed by atoms with Gasteiger partial charge in [-0.1, -0.05) is 12.2 Å². The van der Waals surface area contributed by atoms with Crippen LogP contribution in [0.2, 0.25) is 0 Å². The first-order chi connectivity index (χ1) is 9.60. The lowest BCUT2D eigenvalue weighted by Crippen LogP contribution is -2.36. The topological polar surface area (TPSA) is 77.7 Å². The molecule has 20 heavy (non-hydrogen) atoms. The van der Waals surface area contributed by atoms with Crippen molar-refractivity contribution in [3.8, 4) is 5.75 Å². The van der Waals surface area contributed by atoms with Crippen molar-refractivity contribution in [3.05, 3.63) is 24.0 Å². The standard InChI is InChI=1S/C13H19N3O3S/c1-18-8-7-16(6-4-12(14)20)13(17)10-3-5-15-9-11(10)19-2/h3,5,9H,4,6-8H2,1-2H3,(H2,14,20). The van der Waals surface area contributed by atoms with Crippen molar-refractivity contribution in [1.82, 2.24) is 9.88 Å². The summed E-state index contributed by atoms with van der Waals surface area (Å²) in [6.07, 6.45) is 3.53. The minimum Gasteiger partial charge on any atom is -0.494 e. The van der Waals surface area contributed by atoms with Crippen LogP contribution in [0.1, 0.15) is 16.8 Å². The molecule has 0 fully saturated rings. The molecule has 0 saturated heterocycles. The molecule has 1 aromatic heterocycles. The Bertz CT molecular complexity index is 468. The van der Waals surface area contributed by atoms with Crippen LogP contribution in [0.25, 0.3) is 0 Å². The van der Waals surface area contributed by atoms with Gasteiger partial charge in [0.2, 0.25) is 0 Å². The summed E-state index contributed by atoms with van der Waals surface area (Å²) in [7, 11) is 3.09. The molecule has 0 atom stereocenters. The van der Waals surface area contributed by atoms with Gasteiger partial charge >= 0.3 is 0 Å². The molecule has 1 aromatic rings. The number of ether oxygens (including phenoxy) is 2. The Morgan fingerprint density at radius 3 is 2.80 bits per heavy atom. The zero-order chi connectivity index (χ0) is 15.0. The number of carbonyl (C=O) groups excluding carboxylic acids is 1. The highest BCUT2D eigenvalue weighted by Gasteiger charge is 2.19. The van der Waals surface area contributed by atoms with Crippen molar-refractivity contribution in [1.29, 1.82) is 0 Å². The van der Waals surface area contributed by atoms with E-state index in [1.54, 1.807) is 24.3 Å². The maximum atomic E-state index is 12.5. The Hall–Kier alpha value is -1.73. The maximum Gasteiger partial charge on any atom is 0.257 e. The molecule has 0 radical (unpaired) electrons. The number of aromatic nitrogens is 1. The second-order valence-electron chi connectivity index (χ2n) is 4.08. The SMILES string of the molecule is COCCN(CCC(N)=S)C(=O)c1ccncc1OC. The summed E-state index contributed by atoms with van der Waals surface area (Å²) in [5.74, 6) is 0.285. The first-order valence-corrected chi connectivity index (χ1v) is 6.55. The minimum absolute atomic E-state index is 0.155. The second-order valence-corrected chi connectivity index (χ2v) is 4.60. The van der Waals surface area contributed by atoms with Crippen molar-refractivity contribution in [3.63, 3.8) is 0 Å². The van der Waals surface area contributed by atoms with E-state index in [-0.39, 0.29) is 5.91 Å². The number of amides is 1. The number of thiocarbonyl (C=S) groups is 1. The van der Waals surface area contributed by atoms with Crippen LogP contribution in [0.5, 0.6) is 5.75 Å². The van der Waals surface area contributed by atoms with E-state index in [2.05, 4.69) is 4.98 Å². The molecule has 110 valence electrons. The van der Waals surface area contributed by atoms with Crippen LogP contribution in [0.4, 0.5) is 0 Å². The van der Waals surface area contributed by atoms with Crippen molar-refractivity contribution < 1.29 is 14.3 Å². The molecule has 0 aromatic carbocycles. The number of carbonyl (C=O) groups is 1. The van der Waals surface area contributed by atoms with Gasteiger partial charge in [-0.15, -0.1) is 0 Å². The number of hydrogen-bond donors (Lipinski definition) is 1. The third-order valence-corrected chi connectivity index (χ3v) is 2.92. The van der Waals surface area contributed by atoms with Crippen LogP contribution >= 0.6 is 12.2 Å². The Labute approximate surface area is 123 Å². The quantitative estimate of drug-likeness (QED) is 0.717. The van der Waals surface area contributed by atoms with Gasteiger partial charge in [0.05, 0.1) is 30.5 Å². The largest absolute Gasteiger partial charge is 0.494 e. The Morgan fingerprint density at radius 2 is 2.20 bits per heavy atom. The highest BCUT2D eigenvalue weighted by Crippen LogP contribution is 2.18. The van der Waals surface area contributed by atoms with Crippen LogP contribution in [-0.4, -0.2) is 54.7 Å². The summed E-state index contributed by atoms with van der Waals surface area (Å²) in [6.45, 7) is 1.35. The van der Waals surface area contributed by atoms with Crippen LogP contribution in [0.15, 0.2) is 18.5 Å². The van der Waals surface area contributed by atoms with E-state index in [4.69, 9.17) is 27.4 Å². The van der Waals surface area contributed by atoms with E-state index < -0.39 is 0 Å². The summed E-state index contributed by atoms with van der Waals surface area (Å²) in [5, 5.41) is 0. The smallest absolute Gasteiger partial charge is 0.257 e. The Morgan fingerprint density at radius 1 is 1.45 bits per heavy atom. The highest BCUT2D eigenvalue weighted by atomic mass is 32.1. The zero-order valence-electron chi connectivity index (χ0n) is 11.7. The molecule has 0 saturated carbocycles. The van der Waals surface area contributed by atoms with Crippen LogP contribution in [-0.2, 0) is 4.74 Å². The van der Waals surface area contributed by atoms with Crippen molar-refractivity contribution in [2.45, 2.75) is 6.42 Å². The first kappa shape index (κ1) is 16.3. The molecule has 1 heterocycles. The van der Waals surface area contributed by atoms with Crippen molar-refractivity contribution in [2.24, 2.45) is 5.73 Å². The van der Waals surface area contributed by atoms with E-state index in [1.807, 2.05) is 0 Å². The molecule has 0 unspecified atom stereocenters. The van der Waals surface area contributed by atoms with Crippen molar-refractivity contribution >= 4 is 23.1 Å². The average Bonchev–Trinajstić information content (AvgIpc) is 2.46. The molecule has 1 rings (SSSR count). The highest BCUT2D eigenvalue weighted by molar-refractivity contribution is 7.80. The summed E-state index contributed by atoms with van der Waals surface area (Å²) < 4.78 is 10.2. The fourth-order valence-electron chi connectivity index (χ4n) is 1.65. The lowest BCUT2D eigenvalue weighted by molar-refractivity contribution is 0.0698. The number of pyridine rings is 1. The van der Waals surface area contributed by atoms with Gasteiger partial charge in [-0.2, -0.15) is 0 Å². The van der Waals surface area contributed by atoms with Gasteiger partial charge in [0.1, 0.15) is 5.75 Å². The molecule has 2 N–H and O–H groups in total. The number of rotatable bonds is 8. The summed E-state index contributed by atoms with van der Waals surface area (Å²) in [4.78, 5) is 18.5. The molecule has 0 spiro atoms. The molecule has 1 amide bonds. The molecule has 0 bridgehead atoms. The monoisotopic (exact) mass is 297 g/mol. The predicted molar refractivity (Wildman–Crippen MR) is 80.0 cm³/mol. The van der Waals surface area contributed by atoms with E-state index in [9.17, 15) is 4.79 Å².